The van der Waals surface area contributed by atoms with Gasteiger partial charge in [0.2, 0.25) is 0 Å². The predicted molar refractivity (Wildman–Crippen MR) is 118 cm³/mol. The molecule has 0 radical (unpaired) electrons. The first kappa shape index (κ1) is 26.9. The molecule has 31 heavy (non-hydrogen) atoms. The molecule has 0 unspecified atom stereocenters. The van der Waals surface area contributed by atoms with Crippen molar-refractivity contribution in [2.45, 2.75) is 12.8 Å². The van der Waals surface area contributed by atoms with Gasteiger partial charge in [-0.25, -0.2) is 0 Å². The van der Waals surface area contributed by atoms with Gasteiger partial charge in [-0.15, -0.1) is 0 Å². The third-order valence-corrected chi connectivity index (χ3v) is 5.22. The van der Waals surface area contributed by atoms with Gasteiger partial charge in [-0.05, 0) is 12.8 Å². The first-order chi connectivity index (χ1) is 15.4. The molecule has 9 nitrogen and oxygen atoms in total. The fourth-order valence-corrected chi connectivity index (χ4v) is 3.41. The van der Waals surface area contributed by atoms with Crippen molar-refractivity contribution in [1.29, 1.82) is 0 Å². The Morgan fingerprint density at radius 1 is 0.258 bits per heavy atom. The van der Waals surface area contributed by atoms with Gasteiger partial charge in [0.1, 0.15) is 0 Å². The maximum atomic E-state index is 5.88. The molecule has 0 aliphatic carbocycles. The van der Waals surface area contributed by atoms with E-state index >= 15 is 0 Å². The SMILES string of the molecule is C1COCCCN2CCOCCOCCOCCN(C1)CCOCCOCCOCC2. The summed E-state index contributed by atoms with van der Waals surface area (Å²) in [5.74, 6) is 0. The van der Waals surface area contributed by atoms with E-state index in [4.69, 9.17) is 33.2 Å². The van der Waals surface area contributed by atoms with Crippen LogP contribution >= 0.6 is 0 Å². The van der Waals surface area contributed by atoms with E-state index in [1.165, 1.54) is 0 Å². The van der Waals surface area contributed by atoms with Gasteiger partial charge in [-0.3, -0.25) is 9.80 Å². The highest BCUT2D eigenvalue weighted by Gasteiger charge is 2.08. The van der Waals surface area contributed by atoms with Gasteiger partial charge in [-0.2, -0.15) is 0 Å². The van der Waals surface area contributed by atoms with Crippen LogP contribution in [-0.4, -0.2) is 142 Å². The lowest BCUT2D eigenvalue weighted by atomic mass is 10.3. The van der Waals surface area contributed by atoms with Crippen molar-refractivity contribution < 1.29 is 33.2 Å². The molecule has 0 aromatic carbocycles. The normalized spacial score (nSPS) is 29.4. The summed E-state index contributed by atoms with van der Waals surface area (Å²) in [6, 6.07) is 0. The fourth-order valence-electron chi connectivity index (χ4n) is 3.41. The summed E-state index contributed by atoms with van der Waals surface area (Å²) in [5, 5.41) is 0. The minimum Gasteiger partial charge on any atom is -0.381 e. The molecule has 2 bridgehead atoms. The summed E-state index contributed by atoms with van der Waals surface area (Å²) < 4.78 is 40.0. The molecule has 0 aromatic rings. The van der Waals surface area contributed by atoms with Crippen molar-refractivity contribution in [2.24, 2.45) is 0 Å². The Bertz CT molecular complexity index is 335. The molecule has 0 aromatic heterocycles. The van der Waals surface area contributed by atoms with Gasteiger partial charge in [0, 0.05) is 52.5 Å². The fraction of sp³-hybridized carbons (Fsp3) is 1.00. The van der Waals surface area contributed by atoms with Crippen molar-refractivity contribution in [3.63, 3.8) is 0 Å². The summed E-state index contributed by atoms with van der Waals surface area (Å²) in [7, 11) is 0. The number of nitrogens with zero attached hydrogens (tertiary/aromatic N) is 2. The third-order valence-electron chi connectivity index (χ3n) is 5.22. The van der Waals surface area contributed by atoms with Crippen LogP contribution in [0.25, 0.3) is 0 Å². The Labute approximate surface area is 188 Å². The molecule has 2 fully saturated rings. The van der Waals surface area contributed by atoms with Crippen LogP contribution in [0.3, 0.4) is 0 Å². The van der Waals surface area contributed by atoms with Crippen molar-refractivity contribution in [3.8, 4) is 0 Å². The van der Waals surface area contributed by atoms with Crippen LogP contribution in [0.2, 0.25) is 0 Å². The molecule has 9 heteroatoms. The van der Waals surface area contributed by atoms with Crippen LogP contribution in [-0.2, 0) is 33.2 Å². The Balaban J connectivity index is 1.85. The van der Waals surface area contributed by atoms with Gasteiger partial charge in [0.05, 0.1) is 79.3 Å². The van der Waals surface area contributed by atoms with Crippen molar-refractivity contribution >= 4 is 0 Å². The highest BCUT2D eigenvalue weighted by atomic mass is 16.5. The van der Waals surface area contributed by atoms with E-state index in [9.17, 15) is 0 Å². The van der Waals surface area contributed by atoms with Crippen LogP contribution < -0.4 is 0 Å². The highest BCUT2D eigenvalue weighted by molar-refractivity contribution is 4.60. The van der Waals surface area contributed by atoms with E-state index in [0.717, 1.165) is 65.3 Å². The van der Waals surface area contributed by atoms with Crippen LogP contribution in [0.1, 0.15) is 12.8 Å². The highest BCUT2D eigenvalue weighted by Crippen LogP contribution is 1.98. The lowest BCUT2D eigenvalue weighted by Crippen LogP contribution is -2.34. The maximum absolute atomic E-state index is 5.88. The molecule has 2 rings (SSSR count). The largest absolute Gasteiger partial charge is 0.381 e. The smallest absolute Gasteiger partial charge is 0.0701 e. The number of hydrogen-bond acceptors (Lipinski definition) is 9. The molecule has 2 aliphatic rings. The topological polar surface area (TPSA) is 71.1 Å². The summed E-state index contributed by atoms with van der Waals surface area (Å²) >= 11 is 0. The number of hydrogen-bond donors (Lipinski definition) is 0. The summed E-state index contributed by atoms with van der Waals surface area (Å²) in [5.41, 5.74) is 0. The van der Waals surface area contributed by atoms with Gasteiger partial charge < -0.3 is 33.2 Å². The molecule has 2 saturated heterocycles. The molecule has 184 valence electrons. The van der Waals surface area contributed by atoms with Gasteiger partial charge >= 0.3 is 0 Å². The second kappa shape index (κ2) is 20.3. The first-order valence-corrected chi connectivity index (χ1v) is 11.9. The molecule has 2 aliphatic heterocycles. The Morgan fingerprint density at radius 3 is 0.839 bits per heavy atom. The number of fused-ring (bicyclic) bond motifs is 8. The lowest BCUT2D eigenvalue weighted by molar-refractivity contribution is -0.00809. The maximum Gasteiger partial charge on any atom is 0.0701 e. The zero-order valence-electron chi connectivity index (χ0n) is 19.3. The molecule has 2 heterocycles. The molecule has 0 atom stereocenters. The zero-order chi connectivity index (χ0) is 21.7. The summed E-state index contributed by atoms with van der Waals surface area (Å²) in [6.45, 7) is 14.7. The van der Waals surface area contributed by atoms with E-state index in [2.05, 4.69) is 9.80 Å². The molecule has 0 N–H and O–H groups in total. The zero-order valence-corrected chi connectivity index (χ0v) is 19.3. The van der Waals surface area contributed by atoms with E-state index in [1.807, 2.05) is 0 Å². The molecule has 0 amide bonds. The molecule has 0 spiro atoms. The molecular formula is C22H44N2O7. The van der Waals surface area contributed by atoms with Crippen molar-refractivity contribution in [1.82, 2.24) is 9.80 Å². The van der Waals surface area contributed by atoms with Crippen LogP contribution in [0.4, 0.5) is 0 Å². The van der Waals surface area contributed by atoms with E-state index in [1.54, 1.807) is 0 Å². The number of ether oxygens (including phenoxy) is 7. The number of rotatable bonds is 0. The van der Waals surface area contributed by atoms with Crippen molar-refractivity contribution in [3.05, 3.63) is 0 Å². The van der Waals surface area contributed by atoms with Gasteiger partial charge in [0.25, 0.3) is 0 Å². The second-order valence-electron chi connectivity index (χ2n) is 7.68. The van der Waals surface area contributed by atoms with Crippen molar-refractivity contribution in [2.75, 3.05) is 132 Å². The van der Waals surface area contributed by atoms with E-state index in [-0.39, 0.29) is 0 Å². The van der Waals surface area contributed by atoms with Crippen LogP contribution in [0, 0.1) is 0 Å². The molecular weight excluding hydrogens is 404 g/mol. The standard InChI is InChI=1S/C22H44N2O7/c1-3-23-5-11-26-15-19-30-21-17-28-13-7-24(4-2-10-25-9-1)8-14-29-18-22-31-20-16-27-12-6-23/h1-22H2. The minimum absolute atomic E-state index is 0.601. The monoisotopic (exact) mass is 448 g/mol. The molecule has 0 saturated carbocycles. The van der Waals surface area contributed by atoms with E-state index in [0.29, 0.717) is 79.3 Å². The lowest BCUT2D eigenvalue weighted by Gasteiger charge is -2.23. The second-order valence-corrected chi connectivity index (χ2v) is 7.68. The van der Waals surface area contributed by atoms with Gasteiger partial charge in [0.15, 0.2) is 0 Å². The van der Waals surface area contributed by atoms with E-state index < -0.39 is 0 Å². The van der Waals surface area contributed by atoms with Gasteiger partial charge in [-0.1, -0.05) is 0 Å². The van der Waals surface area contributed by atoms with Crippen LogP contribution in [0.5, 0.6) is 0 Å². The first-order valence-electron chi connectivity index (χ1n) is 11.9. The Kier molecular flexibility index (Phi) is 17.6. The summed E-state index contributed by atoms with van der Waals surface area (Å²) in [6.07, 6.45) is 2.02. The average Bonchev–Trinajstić information content (AvgIpc) is 2.77. The average molecular weight is 449 g/mol. The summed E-state index contributed by atoms with van der Waals surface area (Å²) in [4.78, 5) is 4.76. The Hall–Kier alpha value is -0.360. The minimum atomic E-state index is 0.601. The van der Waals surface area contributed by atoms with Crippen LogP contribution in [0.15, 0.2) is 0 Å². The third kappa shape index (κ3) is 16.0. The Morgan fingerprint density at radius 2 is 0.516 bits per heavy atom. The predicted octanol–water partition coefficient (Wildman–Crippen LogP) is 0.514. The quantitative estimate of drug-likeness (QED) is 0.527.